The van der Waals surface area contributed by atoms with Gasteiger partial charge in [-0.05, 0) is 48.5 Å². The highest BCUT2D eigenvalue weighted by atomic mass is 16.2. The maximum absolute atomic E-state index is 12.0. The average Bonchev–Trinajstić information content (AvgIpc) is 3.10. The van der Waals surface area contributed by atoms with E-state index in [1.54, 1.807) is 18.3 Å². The highest BCUT2D eigenvalue weighted by Gasteiger charge is 2.04. The molecule has 0 aliphatic carbocycles. The summed E-state index contributed by atoms with van der Waals surface area (Å²) in [6.45, 7) is 0. The van der Waals surface area contributed by atoms with Gasteiger partial charge in [0, 0.05) is 29.8 Å². The molecule has 0 aliphatic rings. The van der Waals surface area contributed by atoms with Crippen LogP contribution < -0.4 is 5.43 Å². The molecule has 0 atom stereocenters. The van der Waals surface area contributed by atoms with Crippen LogP contribution >= 0.6 is 0 Å². The molecule has 0 saturated carbocycles. The topological polar surface area (TPSA) is 59.3 Å². The number of aromatic nitrogens is 2. The fourth-order valence-electron chi connectivity index (χ4n) is 1.97. The third-order valence-electron chi connectivity index (χ3n) is 3.08. The van der Waals surface area contributed by atoms with Gasteiger partial charge in [0.05, 0.1) is 11.9 Å². The molecule has 1 amide bonds. The van der Waals surface area contributed by atoms with Crippen molar-refractivity contribution in [2.24, 2.45) is 5.10 Å². The summed E-state index contributed by atoms with van der Waals surface area (Å²) in [4.78, 5) is 16.1. The van der Waals surface area contributed by atoms with E-state index >= 15 is 0 Å². The Morgan fingerprint density at radius 3 is 2.50 bits per heavy atom. The van der Waals surface area contributed by atoms with Crippen LogP contribution in [0.15, 0.2) is 78.3 Å². The summed E-state index contributed by atoms with van der Waals surface area (Å²) in [6.07, 6.45) is 7.08. The number of amides is 1. The molecule has 5 heteroatoms. The van der Waals surface area contributed by atoms with Gasteiger partial charge in [-0.3, -0.25) is 9.78 Å². The second-order valence-electron chi connectivity index (χ2n) is 4.59. The van der Waals surface area contributed by atoms with Crippen molar-refractivity contribution in [1.82, 2.24) is 15.0 Å². The molecule has 0 bridgehead atoms. The van der Waals surface area contributed by atoms with E-state index in [-0.39, 0.29) is 5.91 Å². The molecule has 1 aromatic carbocycles. The minimum absolute atomic E-state index is 0.258. The molecule has 1 N–H and O–H groups in total. The Hall–Kier alpha value is -3.21. The third kappa shape index (κ3) is 3.27. The lowest BCUT2D eigenvalue weighted by atomic mass is 10.2. The molecule has 0 radical (unpaired) electrons. The molecule has 2 aromatic heterocycles. The Kier molecular flexibility index (Phi) is 4.06. The summed E-state index contributed by atoms with van der Waals surface area (Å²) in [6, 6.07) is 16.7. The van der Waals surface area contributed by atoms with Crippen molar-refractivity contribution >= 4 is 12.1 Å². The van der Waals surface area contributed by atoms with E-state index in [1.807, 2.05) is 59.4 Å². The Labute approximate surface area is 127 Å². The van der Waals surface area contributed by atoms with E-state index in [2.05, 4.69) is 15.5 Å². The summed E-state index contributed by atoms with van der Waals surface area (Å²) in [7, 11) is 0. The zero-order valence-corrected chi connectivity index (χ0v) is 11.8. The molecule has 0 aliphatic heterocycles. The molecule has 22 heavy (non-hydrogen) atoms. The van der Waals surface area contributed by atoms with Crippen molar-refractivity contribution in [3.05, 3.63) is 84.4 Å². The molecule has 0 unspecified atom stereocenters. The largest absolute Gasteiger partial charge is 0.324 e. The van der Waals surface area contributed by atoms with Crippen LogP contribution in [-0.4, -0.2) is 21.7 Å². The SMILES string of the molecule is O=C(N/N=C/c1ccccn1)c1ccc(-n2cccc2)cc1. The number of carbonyl (C=O) groups excluding carboxylic acids is 1. The molecule has 2 heterocycles. The summed E-state index contributed by atoms with van der Waals surface area (Å²) in [5.74, 6) is -0.258. The molecule has 0 spiro atoms. The monoisotopic (exact) mass is 290 g/mol. The number of pyridine rings is 1. The zero-order valence-electron chi connectivity index (χ0n) is 11.8. The maximum atomic E-state index is 12.0. The molecule has 108 valence electrons. The highest BCUT2D eigenvalue weighted by Crippen LogP contribution is 2.09. The van der Waals surface area contributed by atoms with Crippen molar-refractivity contribution in [2.45, 2.75) is 0 Å². The van der Waals surface area contributed by atoms with Gasteiger partial charge in [-0.25, -0.2) is 5.43 Å². The first-order valence-electron chi connectivity index (χ1n) is 6.81. The van der Waals surface area contributed by atoms with Gasteiger partial charge < -0.3 is 4.57 Å². The summed E-state index contributed by atoms with van der Waals surface area (Å²) in [5.41, 5.74) is 4.72. The lowest BCUT2D eigenvalue weighted by Crippen LogP contribution is -2.17. The van der Waals surface area contributed by atoms with Crippen molar-refractivity contribution in [3.63, 3.8) is 0 Å². The van der Waals surface area contributed by atoms with Gasteiger partial charge in [-0.2, -0.15) is 5.10 Å². The van der Waals surface area contributed by atoms with Crippen LogP contribution in [0.2, 0.25) is 0 Å². The van der Waals surface area contributed by atoms with Crippen LogP contribution in [0.25, 0.3) is 5.69 Å². The fourth-order valence-corrected chi connectivity index (χ4v) is 1.97. The standard InChI is InChI=1S/C17H14N4O/c22-17(20-19-13-15-5-1-2-10-18-15)14-6-8-16(9-7-14)21-11-3-4-12-21/h1-13H,(H,20,22)/b19-13+. The smallest absolute Gasteiger partial charge is 0.271 e. The molecule has 0 saturated heterocycles. The first-order chi connectivity index (χ1) is 10.8. The second-order valence-corrected chi connectivity index (χ2v) is 4.59. The van der Waals surface area contributed by atoms with Gasteiger partial charge in [-0.15, -0.1) is 0 Å². The van der Waals surface area contributed by atoms with E-state index in [0.29, 0.717) is 11.3 Å². The Morgan fingerprint density at radius 1 is 1.05 bits per heavy atom. The van der Waals surface area contributed by atoms with Crippen molar-refractivity contribution in [1.29, 1.82) is 0 Å². The minimum atomic E-state index is -0.258. The van der Waals surface area contributed by atoms with Crippen molar-refractivity contribution < 1.29 is 4.79 Å². The predicted molar refractivity (Wildman–Crippen MR) is 85.1 cm³/mol. The summed E-state index contributed by atoms with van der Waals surface area (Å²) in [5, 5.41) is 3.90. The van der Waals surface area contributed by atoms with Gasteiger partial charge in [0.15, 0.2) is 0 Å². The van der Waals surface area contributed by atoms with Crippen molar-refractivity contribution in [2.75, 3.05) is 0 Å². The predicted octanol–water partition coefficient (Wildman–Crippen LogP) is 2.64. The van der Waals surface area contributed by atoms with Gasteiger partial charge >= 0.3 is 0 Å². The molecular formula is C17H14N4O. The highest BCUT2D eigenvalue weighted by molar-refractivity contribution is 5.94. The molecule has 3 aromatic rings. The van der Waals surface area contributed by atoms with Gasteiger partial charge in [0.1, 0.15) is 0 Å². The first kappa shape index (κ1) is 13.8. The zero-order chi connectivity index (χ0) is 15.2. The number of benzene rings is 1. The first-order valence-corrected chi connectivity index (χ1v) is 6.81. The number of carbonyl (C=O) groups is 1. The average molecular weight is 290 g/mol. The number of hydrazone groups is 1. The molecular weight excluding hydrogens is 276 g/mol. The Balaban J connectivity index is 1.64. The summed E-state index contributed by atoms with van der Waals surface area (Å²) < 4.78 is 1.97. The molecule has 5 nitrogen and oxygen atoms in total. The van der Waals surface area contributed by atoms with Gasteiger partial charge in [0.25, 0.3) is 5.91 Å². The second kappa shape index (κ2) is 6.49. The summed E-state index contributed by atoms with van der Waals surface area (Å²) >= 11 is 0. The van der Waals surface area contributed by atoms with Crippen LogP contribution in [0.5, 0.6) is 0 Å². The third-order valence-corrected chi connectivity index (χ3v) is 3.08. The van der Waals surface area contributed by atoms with Crippen molar-refractivity contribution in [3.8, 4) is 5.69 Å². The molecule has 0 fully saturated rings. The lowest BCUT2D eigenvalue weighted by molar-refractivity contribution is 0.0955. The quantitative estimate of drug-likeness (QED) is 0.593. The van der Waals surface area contributed by atoms with Gasteiger partial charge in [0.2, 0.25) is 0 Å². The Morgan fingerprint density at radius 2 is 1.82 bits per heavy atom. The number of hydrogen-bond donors (Lipinski definition) is 1. The number of nitrogens with one attached hydrogen (secondary N) is 1. The van der Waals surface area contributed by atoms with Crippen LogP contribution in [0.3, 0.4) is 0 Å². The Bertz CT molecular complexity index is 762. The van der Waals surface area contributed by atoms with E-state index in [9.17, 15) is 4.79 Å². The van der Waals surface area contributed by atoms with E-state index in [4.69, 9.17) is 0 Å². The van der Waals surface area contributed by atoms with E-state index < -0.39 is 0 Å². The van der Waals surface area contributed by atoms with Crippen LogP contribution in [-0.2, 0) is 0 Å². The minimum Gasteiger partial charge on any atom is -0.324 e. The fraction of sp³-hybridized carbons (Fsp3) is 0. The van der Waals surface area contributed by atoms with Gasteiger partial charge in [-0.1, -0.05) is 6.07 Å². The maximum Gasteiger partial charge on any atom is 0.271 e. The lowest BCUT2D eigenvalue weighted by Gasteiger charge is -2.04. The number of rotatable bonds is 4. The van der Waals surface area contributed by atoms with Crippen LogP contribution in [0.1, 0.15) is 16.1 Å². The van der Waals surface area contributed by atoms with E-state index in [1.165, 1.54) is 6.21 Å². The normalized spacial score (nSPS) is 10.7. The van der Waals surface area contributed by atoms with Crippen LogP contribution in [0.4, 0.5) is 0 Å². The van der Waals surface area contributed by atoms with Crippen LogP contribution in [0, 0.1) is 0 Å². The number of hydrogen-bond acceptors (Lipinski definition) is 3. The number of nitrogens with zero attached hydrogens (tertiary/aromatic N) is 3. The molecule has 3 rings (SSSR count). The van der Waals surface area contributed by atoms with E-state index in [0.717, 1.165) is 5.69 Å².